The van der Waals surface area contributed by atoms with Gasteiger partial charge >= 0.3 is 0 Å². The maximum absolute atomic E-state index is 11.9. The molecule has 1 aliphatic heterocycles. The molecular formula is C14H19NO. The summed E-state index contributed by atoms with van der Waals surface area (Å²) in [6, 6.07) is 10.6. The molecule has 1 unspecified atom stereocenters. The van der Waals surface area contributed by atoms with E-state index in [0.29, 0.717) is 12.2 Å². The van der Waals surface area contributed by atoms with E-state index in [-0.39, 0.29) is 11.5 Å². The van der Waals surface area contributed by atoms with Crippen LogP contribution < -0.4 is 5.32 Å². The normalized spacial score (nSPS) is 24.4. The number of ketones is 1. The fourth-order valence-electron chi connectivity index (χ4n) is 2.31. The SMILES string of the molecule is CC1(C)C(=O)CCNC1Cc1ccccc1. The number of hydrogen-bond acceptors (Lipinski definition) is 2. The lowest BCUT2D eigenvalue weighted by Crippen LogP contribution is -2.53. The van der Waals surface area contributed by atoms with Gasteiger partial charge in [0.05, 0.1) is 0 Å². The van der Waals surface area contributed by atoms with Gasteiger partial charge in [-0.15, -0.1) is 0 Å². The van der Waals surface area contributed by atoms with Crippen LogP contribution in [0.5, 0.6) is 0 Å². The Balaban J connectivity index is 2.12. The zero-order valence-corrected chi connectivity index (χ0v) is 9.99. The summed E-state index contributed by atoms with van der Waals surface area (Å²) in [7, 11) is 0. The third-order valence-corrected chi connectivity index (χ3v) is 3.62. The molecule has 2 heteroatoms. The van der Waals surface area contributed by atoms with E-state index in [9.17, 15) is 4.79 Å². The van der Waals surface area contributed by atoms with Crippen LogP contribution in [0.2, 0.25) is 0 Å². The smallest absolute Gasteiger partial charge is 0.141 e. The van der Waals surface area contributed by atoms with Crippen LogP contribution in [-0.4, -0.2) is 18.4 Å². The predicted octanol–water partition coefficient (Wildman–Crippen LogP) is 2.19. The number of nitrogens with one attached hydrogen (secondary N) is 1. The fraction of sp³-hybridized carbons (Fsp3) is 0.500. The van der Waals surface area contributed by atoms with Crippen LogP contribution in [-0.2, 0) is 11.2 Å². The highest BCUT2D eigenvalue weighted by atomic mass is 16.1. The molecule has 1 aromatic rings. The summed E-state index contributed by atoms with van der Waals surface area (Å²) >= 11 is 0. The maximum atomic E-state index is 11.9. The number of hydrogen-bond donors (Lipinski definition) is 1. The standard InChI is InChI=1S/C14H19NO/c1-14(2)12(15-9-8-13(14)16)10-11-6-4-3-5-7-11/h3-7,12,15H,8-10H2,1-2H3. The van der Waals surface area contributed by atoms with Gasteiger partial charge in [-0.1, -0.05) is 44.2 Å². The third kappa shape index (κ3) is 2.17. The summed E-state index contributed by atoms with van der Waals surface area (Å²) in [5.41, 5.74) is 1.05. The zero-order chi connectivity index (χ0) is 11.6. The summed E-state index contributed by atoms with van der Waals surface area (Å²) in [6.07, 6.45) is 1.60. The minimum absolute atomic E-state index is 0.242. The van der Waals surface area contributed by atoms with E-state index in [2.05, 4.69) is 31.3 Å². The van der Waals surface area contributed by atoms with Crippen LogP contribution >= 0.6 is 0 Å². The molecule has 16 heavy (non-hydrogen) atoms. The van der Waals surface area contributed by atoms with E-state index in [1.807, 2.05) is 18.2 Å². The van der Waals surface area contributed by atoms with E-state index in [1.54, 1.807) is 0 Å². The number of benzene rings is 1. The second kappa shape index (κ2) is 4.38. The van der Waals surface area contributed by atoms with E-state index >= 15 is 0 Å². The molecule has 0 aliphatic carbocycles. The molecule has 1 heterocycles. The first kappa shape index (κ1) is 11.3. The molecule has 0 radical (unpaired) electrons. The van der Waals surface area contributed by atoms with Gasteiger partial charge < -0.3 is 5.32 Å². The molecule has 1 saturated heterocycles. The van der Waals surface area contributed by atoms with Gasteiger partial charge in [0.15, 0.2) is 0 Å². The topological polar surface area (TPSA) is 29.1 Å². The second-order valence-corrected chi connectivity index (χ2v) is 5.09. The van der Waals surface area contributed by atoms with Crippen LogP contribution in [0.3, 0.4) is 0 Å². The summed E-state index contributed by atoms with van der Waals surface area (Å²) in [5, 5.41) is 3.47. The van der Waals surface area contributed by atoms with Crippen molar-refractivity contribution in [1.29, 1.82) is 0 Å². The molecule has 1 N–H and O–H groups in total. The quantitative estimate of drug-likeness (QED) is 0.822. The lowest BCUT2D eigenvalue weighted by molar-refractivity contribution is -0.130. The predicted molar refractivity (Wildman–Crippen MR) is 65.3 cm³/mol. The van der Waals surface area contributed by atoms with Gasteiger partial charge in [-0.3, -0.25) is 4.79 Å². The first-order valence-electron chi connectivity index (χ1n) is 5.91. The molecule has 86 valence electrons. The van der Waals surface area contributed by atoms with Crippen LogP contribution in [0, 0.1) is 5.41 Å². The molecule has 0 saturated carbocycles. The highest BCUT2D eigenvalue weighted by Crippen LogP contribution is 2.29. The summed E-state index contributed by atoms with van der Waals surface area (Å²) in [5.74, 6) is 0.382. The minimum atomic E-state index is -0.242. The molecule has 2 rings (SSSR count). The van der Waals surface area contributed by atoms with Crippen molar-refractivity contribution in [2.24, 2.45) is 5.41 Å². The molecule has 0 spiro atoms. The lowest BCUT2D eigenvalue weighted by Gasteiger charge is -2.38. The van der Waals surface area contributed by atoms with Gasteiger partial charge in [-0.05, 0) is 12.0 Å². The van der Waals surface area contributed by atoms with Crippen molar-refractivity contribution in [3.63, 3.8) is 0 Å². The average Bonchev–Trinajstić information content (AvgIpc) is 2.27. The van der Waals surface area contributed by atoms with E-state index in [1.165, 1.54) is 5.56 Å². The van der Waals surface area contributed by atoms with Gasteiger partial charge in [0.25, 0.3) is 0 Å². The van der Waals surface area contributed by atoms with Crippen molar-refractivity contribution in [3.05, 3.63) is 35.9 Å². The van der Waals surface area contributed by atoms with Crippen LogP contribution in [0.15, 0.2) is 30.3 Å². The summed E-state index contributed by atoms with van der Waals surface area (Å²) in [4.78, 5) is 11.9. The monoisotopic (exact) mass is 217 g/mol. The zero-order valence-electron chi connectivity index (χ0n) is 9.99. The molecule has 1 aliphatic rings. The number of Topliss-reactive ketones (excluding diaryl/α,β-unsaturated/α-hetero) is 1. The van der Waals surface area contributed by atoms with Gasteiger partial charge in [0.2, 0.25) is 0 Å². The Morgan fingerprint density at radius 2 is 2.00 bits per heavy atom. The number of rotatable bonds is 2. The molecule has 0 aromatic heterocycles. The minimum Gasteiger partial charge on any atom is -0.312 e. The van der Waals surface area contributed by atoms with E-state index in [0.717, 1.165) is 13.0 Å². The van der Waals surface area contributed by atoms with Crippen molar-refractivity contribution in [2.75, 3.05) is 6.54 Å². The Labute approximate surface area is 97.1 Å². The Morgan fingerprint density at radius 3 is 2.69 bits per heavy atom. The Hall–Kier alpha value is -1.15. The van der Waals surface area contributed by atoms with Crippen molar-refractivity contribution in [1.82, 2.24) is 5.32 Å². The van der Waals surface area contributed by atoms with E-state index in [4.69, 9.17) is 0 Å². The number of piperidine rings is 1. The van der Waals surface area contributed by atoms with Gasteiger partial charge in [0, 0.05) is 24.4 Å². The molecule has 1 aromatic carbocycles. The Kier molecular flexibility index (Phi) is 3.10. The molecular weight excluding hydrogens is 198 g/mol. The average molecular weight is 217 g/mol. The summed E-state index contributed by atoms with van der Waals surface area (Å²) in [6.45, 7) is 4.92. The highest BCUT2D eigenvalue weighted by molar-refractivity contribution is 5.85. The Morgan fingerprint density at radius 1 is 1.31 bits per heavy atom. The largest absolute Gasteiger partial charge is 0.312 e. The van der Waals surface area contributed by atoms with Crippen LogP contribution in [0.1, 0.15) is 25.8 Å². The fourth-order valence-corrected chi connectivity index (χ4v) is 2.31. The second-order valence-electron chi connectivity index (χ2n) is 5.09. The first-order valence-corrected chi connectivity index (χ1v) is 5.91. The molecule has 1 atom stereocenters. The first-order chi connectivity index (χ1) is 7.60. The summed E-state index contributed by atoms with van der Waals surface area (Å²) < 4.78 is 0. The third-order valence-electron chi connectivity index (χ3n) is 3.62. The number of carbonyl (C=O) groups excluding carboxylic acids is 1. The molecule has 0 bridgehead atoms. The number of carbonyl (C=O) groups is 1. The lowest BCUT2D eigenvalue weighted by atomic mass is 9.74. The maximum Gasteiger partial charge on any atom is 0.141 e. The van der Waals surface area contributed by atoms with Gasteiger partial charge in [-0.25, -0.2) is 0 Å². The van der Waals surface area contributed by atoms with Crippen molar-refractivity contribution >= 4 is 5.78 Å². The van der Waals surface area contributed by atoms with Crippen molar-refractivity contribution in [2.45, 2.75) is 32.7 Å². The van der Waals surface area contributed by atoms with Crippen molar-refractivity contribution in [3.8, 4) is 0 Å². The van der Waals surface area contributed by atoms with Gasteiger partial charge in [0.1, 0.15) is 5.78 Å². The van der Waals surface area contributed by atoms with E-state index < -0.39 is 0 Å². The van der Waals surface area contributed by atoms with Gasteiger partial charge in [-0.2, -0.15) is 0 Å². The molecule has 0 amide bonds. The highest BCUT2D eigenvalue weighted by Gasteiger charge is 2.38. The molecule has 1 fully saturated rings. The van der Waals surface area contributed by atoms with Crippen molar-refractivity contribution < 1.29 is 4.79 Å². The molecule has 2 nitrogen and oxygen atoms in total. The van der Waals surface area contributed by atoms with Crippen LogP contribution in [0.4, 0.5) is 0 Å². The Bertz CT molecular complexity index is 370. The van der Waals surface area contributed by atoms with Crippen LogP contribution in [0.25, 0.3) is 0 Å².